The maximum absolute atomic E-state index is 5.73. The summed E-state index contributed by atoms with van der Waals surface area (Å²) < 4.78 is 13.3. The zero-order valence-electron chi connectivity index (χ0n) is 15.2. The molecule has 1 atom stereocenters. The van der Waals surface area contributed by atoms with Crippen molar-refractivity contribution in [3.05, 3.63) is 40.7 Å². The first-order chi connectivity index (χ1) is 11.5. The van der Waals surface area contributed by atoms with Crippen molar-refractivity contribution in [3.63, 3.8) is 0 Å². The van der Waals surface area contributed by atoms with Gasteiger partial charge >= 0.3 is 0 Å². The van der Waals surface area contributed by atoms with Crippen LogP contribution in [0.25, 0.3) is 0 Å². The maximum atomic E-state index is 5.73. The molecule has 1 aromatic heterocycles. The predicted octanol–water partition coefficient (Wildman–Crippen LogP) is 3.30. The SMILES string of the molecule is Cc1nn(C)c(C)c1CNC(c1ccc2c(c1)OCCO2)C(C)C. The molecule has 0 bridgehead atoms. The lowest BCUT2D eigenvalue weighted by Crippen LogP contribution is -2.26. The van der Waals surface area contributed by atoms with Crippen molar-refractivity contribution in [2.75, 3.05) is 13.2 Å². The second kappa shape index (κ2) is 6.85. The van der Waals surface area contributed by atoms with E-state index in [1.807, 2.05) is 17.8 Å². The van der Waals surface area contributed by atoms with E-state index in [0.29, 0.717) is 19.1 Å². The van der Waals surface area contributed by atoms with Crippen LogP contribution in [0.15, 0.2) is 18.2 Å². The molecule has 0 saturated heterocycles. The Morgan fingerprint density at radius 3 is 2.50 bits per heavy atom. The van der Waals surface area contributed by atoms with Crippen molar-refractivity contribution < 1.29 is 9.47 Å². The quantitative estimate of drug-likeness (QED) is 0.914. The third-order valence-electron chi connectivity index (χ3n) is 4.75. The summed E-state index contributed by atoms with van der Waals surface area (Å²) >= 11 is 0. The Labute approximate surface area is 144 Å². The molecule has 1 N–H and O–H groups in total. The average Bonchev–Trinajstić information content (AvgIpc) is 2.80. The highest BCUT2D eigenvalue weighted by Crippen LogP contribution is 2.34. The van der Waals surface area contributed by atoms with Crippen molar-refractivity contribution >= 4 is 0 Å². The lowest BCUT2D eigenvalue weighted by atomic mass is 9.95. The third kappa shape index (κ3) is 3.26. The lowest BCUT2D eigenvalue weighted by molar-refractivity contribution is 0.171. The van der Waals surface area contributed by atoms with Gasteiger partial charge in [0, 0.05) is 30.9 Å². The Morgan fingerprint density at radius 2 is 1.88 bits per heavy atom. The normalized spacial score (nSPS) is 14.9. The molecule has 5 nitrogen and oxygen atoms in total. The van der Waals surface area contributed by atoms with Crippen LogP contribution in [0.3, 0.4) is 0 Å². The highest BCUT2D eigenvalue weighted by molar-refractivity contribution is 5.44. The zero-order valence-corrected chi connectivity index (χ0v) is 15.2. The number of aromatic nitrogens is 2. The van der Waals surface area contributed by atoms with Crippen molar-refractivity contribution in [3.8, 4) is 11.5 Å². The molecule has 3 rings (SSSR count). The van der Waals surface area contributed by atoms with Crippen LogP contribution >= 0.6 is 0 Å². The number of rotatable bonds is 5. The number of hydrogen-bond donors (Lipinski definition) is 1. The first-order valence-corrected chi connectivity index (χ1v) is 8.59. The molecule has 1 aromatic carbocycles. The molecule has 130 valence electrons. The second-order valence-corrected chi connectivity index (χ2v) is 6.78. The fourth-order valence-electron chi connectivity index (χ4n) is 3.28. The Morgan fingerprint density at radius 1 is 1.17 bits per heavy atom. The molecule has 0 amide bonds. The van der Waals surface area contributed by atoms with E-state index in [-0.39, 0.29) is 6.04 Å². The largest absolute Gasteiger partial charge is 0.486 e. The van der Waals surface area contributed by atoms with Gasteiger partial charge in [-0.3, -0.25) is 4.68 Å². The van der Waals surface area contributed by atoms with Crippen LogP contribution in [0.1, 0.15) is 42.4 Å². The van der Waals surface area contributed by atoms with Crippen LogP contribution in [0.4, 0.5) is 0 Å². The van der Waals surface area contributed by atoms with Crippen LogP contribution in [-0.4, -0.2) is 23.0 Å². The van der Waals surface area contributed by atoms with Crippen molar-refractivity contribution in [2.24, 2.45) is 13.0 Å². The van der Waals surface area contributed by atoms with E-state index in [2.05, 4.69) is 50.2 Å². The number of aryl methyl sites for hydroxylation is 2. The minimum atomic E-state index is 0.250. The molecule has 2 heterocycles. The average molecular weight is 329 g/mol. The Bertz CT molecular complexity index is 722. The van der Waals surface area contributed by atoms with Gasteiger partial charge in [0.05, 0.1) is 5.69 Å². The number of hydrogen-bond acceptors (Lipinski definition) is 4. The van der Waals surface area contributed by atoms with Crippen LogP contribution in [0.2, 0.25) is 0 Å². The standard InChI is InChI=1S/C19H27N3O2/c1-12(2)19(20-11-16-13(3)21-22(5)14(16)4)15-6-7-17-18(10-15)24-9-8-23-17/h6-7,10,12,19-20H,8-9,11H2,1-5H3. The van der Waals surface area contributed by atoms with E-state index in [0.717, 1.165) is 23.7 Å². The van der Waals surface area contributed by atoms with Crippen LogP contribution in [0, 0.1) is 19.8 Å². The van der Waals surface area contributed by atoms with Gasteiger partial charge < -0.3 is 14.8 Å². The van der Waals surface area contributed by atoms with Gasteiger partial charge in [0.15, 0.2) is 11.5 Å². The number of benzene rings is 1. The van der Waals surface area contributed by atoms with Gasteiger partial charge in [0.1, 0.15) is 13.2 Å². The first kappa shape index (κ1) is 16.8. The second-order valence-electron chi connectivity index (χ2n) is 6.78. The monoisotopic (exact) mass is 329 g/mol. The fraction of sp³-hybridized carbons (Fsp3) is 0.526. The molecular weight excluding hydrogens is 302 g/mol. The molecule has 0 spiro atoms. The zero-order chi connectivity index (χ0) is 17.3. The molecule has 0 radical (unpaired) electrons. The smallest absolute Gasteiger partial charge is 0.161 e. The Balaban J connectivity index is 1.80. The minimum Gasteiger partial charge on any atom is -0.486 e. The summed E-state index contributed by atoms with van der Waals surface area (Å²) in [4.78, 5) is 0. The van der Waals surface area contributed by atoms with Gasteiger partial charge in [0.2, 0.25) is 0 Å². The Kier molecular flexibility index (Phi) is 4.81. The summed E-state index contributed by atoms with van der Waals surface area (Å²) in [7, 11) is 1.99. The number of ether oxygens (including phenoxy) is 2. The molecule has 0 saturated carbocycles. The topological polar surface area (TPSA) is 48.3 Å². The molecule has 24 heavy (non-hydrogen) atoms. The fourth-order valence-corrected chi connectivity index (χ4v) is 3.28. The summed E-state index contributed by atoms with van der Waals surface area (Å²) in [5, 5.41) is 8.21. The minimum absolute atomic E-state index is 0.250. The molecule has 0 aliphatic carbocycles. The van der Waals surface area contributed by atoms with Gasteiger partial charge in [0.25, 0.3) is 0 Å². The van der Waals surface area contributed by atoms with Gasteiger partial charge in [-0.05, 0) is 37.5 Å². The molecule has 1 aliphatic rings. The number of fused-ring (bicyclic) bond motifs is 1. The first-order valence-electron chi connectivity index (χ1n) is 8.59. The van der Waals surface area contributed by atoms with E-state index in [4.69, 9.17) is 9.47 Å². The molecule has 5 heteroatoms. The van der Waals surface area contributed by atoms with Gasteiger partial charge in [-0.25, -0.2) is 0 Å². The maximum Gasteiger partial charge on any atom is 0.161 e. The molecule has 1 unspecified atom stereocenters. The van der Waals surface area contributed by atoms with E-state index >= 15 is 0 Å². The highest BCUT2D eigenvalue weighted by atomic mass is 16.6. The van der Waals surface area contributed by atoms with E-state index in [1.54, 1.807) is 0 Å². The molecule has 2 aromatic rings. The third-order valence-corrected chi connectivity index (χ3v) is 4.75. The summed E-state index contributed by atoms with van der Waals surface area (Å²) in [5.74, 6) is 2.15. The highest BCUT2D eigenvalue weighted by Gasteiger charge is 2.20. The van der Waals surface area contributed by atoms with Crippen LogP contribution in [-0.2, 0) is 13.6 Å². The van der Waals surface area contributed by atoms with E-state index in [1.165, 1.54) is 16.8 Å². The molecule has 1 aliphatic heterocycles. The summed E-state index contributed by atoms with van der Waals surface area (Å²) in [5.41, 5.74) is 4.81. The van der Waals surface area contributed by atoms with Gasteiger partial charge in [-0.2, -0.15) is 5.10 Å². The summed E-state index contributed by atoms with van der Waals surface area (Å²) in [6, 6.07) is 6.50. The van der Waals surface area contributed by atoms with Crippen LogP contribution in [0.5, 0.6) is 11.5 Å². The van der Waals surface area contributed by atoms with E-state index in [9.17, 15) is 0 Å². The van der Waals surface area contributed by atoms with Crippen LogP contribution < -0.4 is 14.8 Å². The number of nitrogens with one attached hydrogen (secondary N) is 1. The van der Waals surface area contributed by atoms with Crippen molar-refractivity contribution in [1.82, 2.24) is 15.1 Å². The predicted molar refractivity (Wildman–Crippen MR) is 94.5 cm³/mol. The molecular formula is C19H27N3O2. The van der Waals surface area contributed by atoms with Crippen molar-refractivity contribution in [1.29, 1.82) is 0 Å². The molecule has 0 fully saturated rings. The van der Waals surface area contributed by atoms with Gasteiger partial charge in [-0.1, -0.05) is 19.9 Å². The number of nitrogens with zero attached hydrogens (tertiary/aromatic N) is 2. The van der Waals surface area contributed by atoms with Crippen molar-refractivity contribution in [2.45, 2.75) is 40.3 Å². The summed E-state index contributed by atoms with van der Waals surface area (Å²) in [6.45, 7) is 10.7. The lowest BCUT2D eigenvalue weighted by Gasteiger charge is -2.25. The Hall–Kier alpha value is -2.01. The van der Waals surface area contributed by atoms with Gasteiger partial charge in [-0.15, -0.1) is 0 Å². The van der Waals surface area contributed by atoms with E-state index < -0.39 is 0 Å². The summed E-state index contributed by atoms with van der Waals surface area (Å²) in [6.07, 6.45) is 0.